The molecule has 1 aliphatic rings. The normalized spacial score (nSPS) is 14.4. The molecular weight excluding hydrogens is 372 g/mol. The topological polar surface area (TPSA) is 78.4 Å². The predicted octanol–water partition coefficient (Wildman–Crippen LogP) is 3.22. The van der Waals surface area contributed by atoms with Gasteiger partial charge in [-0.15, -0.1) is 0 Å². The molecule has 0 unspecified atom stereocenters. The lowest BCUT2D eigenvalue weighted by molar-refractivity contribution is -0.115. The van der Waals surface area contributed by atoms with E-state index in [1.165, 1.54) is 0 Å². The van der Waals surface area contributed by atoms with Gasteiger partial charge in [-0.3, -0.25) is 4.79 Å². The van der Waals surface area contributed by atoms with Crippen molar-refractivity contribution in [3.8, 4) is 23.0 Å². The molecule has 1 aliphatic heterocycles. The van der Waals surface area contributed by atoms with Crippen molar-refractivity contribution in [3.05, 3.63) is 53.2 Å². The minimum absolute atomic E-state index is 0.237. The van der Waals surface area contributed by atoms with Gasteiger partial charge < -0.3 is 24.3 Å². The van der Waals surface area contributed by atoms with Gasteiger partial charge in [-0.2, -0.15) is 0 Å². The number of rotatable bonds is 8. The minimum atomic E-state index is -0.237. The number of aryl methyl sites for hydroxylation is 1. The SMILES string of the molecule is COc1cccc(CCC2=N/C(=C/c3cc(OC)c(OC)c(OC)c3)C(=O)N2)c1. The van der Waals surface area contributed by atoms with Crippen LogP contribution in [-0.2, 0) is 11.2 Å². The van der Waals surface area contributed by atoms with Gasteiger partial charge in [-0.1, -0.05) is 12.1 Å². The van der Waals surface area contributed by atoms with Crippen LogP contribution in [0.2, 0.25) is 0 Å². The predicted molar refractivity (Wildman–Crippen MR) is 111 cm³/mol. The number of carbonyl (C=O) groups is 1. The minimum Gasteiger partial charge on any atom is -0.497 e. The zero-order valence-electron chi connectivity index (χ0n) is 16.9. The molecule has 0 atom stereocenters. The van der Waals surface area contributed by atoms with Crippen LogP contribution in [0.4, 0.5) is 0 Å². The van der Waals surface area contributed by atoms with E-state index in [-0.39, 0.29) is 5.91 Å². The summed E-state index contributed by atoms with van der Waals surface area (Å²) in [7, 11) is 6.28. The fraction of sp³-hybridized carbons (Fsp3) is 0.273. The van der Waals surface area contributed by atoms with Crippen molar-refractivity contribution < 1.29 is 23.7 Å². The number of nitrogens with one attached hydrogen (secondary N) is 1. The molecule has 1 heterocycles. The van der Waals surface area contributed by atoms with E-state index in [1.54, 1.807) is 46.6 Å². The molecule has 1 N–H and O–H groups in total. The molecule has 0 aromatic heterocycles. The molecule has 0 saturated carbocycles. The third-order valence-electron chi connectivity index (χ3n) is 4.52. The van der Waals surface area contributed by atoms with Crippen LogP contribution in [0.25, 0.3) is 6.08 Å². The lowest BCUT2D eigenvalue weighted by Gasteiger charge is -2.12. The smallest absolute Gasteiger partial charge is 0.275 e. The second-order valence-corrected chi connectivity index (χ2v) is 6.35. The third-order valence-corrected chi connectivity index (χ3v) is 4.52. The molecule has 0 spiro atoms. The monoisotopic (exact) mass is 396 g/mol. The summed E-state index contributed by atoms with van der Waals surface area (Å²) in [5.74, 6) is 2.73. The van der Waals surface area contributed by atoms with Crippen LogP contribution < -0.4 is 24.3 Å². The first-order valence-electron chi connectivity index (χ1n) is 9.11. The first-order valence-corrected chi connectivity index (χ1v) is 9.11. The van der Waals surface area contributed by atoms with Gasteiger partial charge in [0.1, 0.15) is 17.3 Å². The molecule has 0 saturated heterocycles. The van der Waals surface area contributed by atoms with Crippen molar-refractivity contribution in [1.29, 1.82) is 0 Å². The van der Waals surface area contributed by atoms with Crippen LogP contribution in [0.5, 0.6) is 23.0 Å². The largest absolute Gasteiger partial charge is 0.497 e. The van der Waals surface area contributed by atoms with Gasteiger partial charge in [-0.25, -0.2) is 4.99 Å². The van der Waals surface area contributed by atoms with Crippen LogP contribution in [0.3, 0.4) is 0 Å². The van der Waals surface area contributed by atoms with Crippen molar-refractivity contribution in [2.75, 3.05) is 28.4 Å². The number of hydrogen-bond donors (Lipinski definition) is 1. The lowest BCUT2D eigenvalue weighted by atomic mass is 10.1. The molecule has 2 aromatic rings. The first kappa shape index (κ1) is 20.3. The molecule has 1 amide bonds. The Bertz CT molecular complexity index is 940. The number of amides is 1. The Balaban J connectivity index is 1.79. The van der Waals surface area contributed by atoms with E-state index in [4.69, 9.17) is 18.9 Å². The molecule has 29 heavy (non-hydrogen) atoms. The van der Waals surface area contributed by atoms with E-state index in [1.807, 2.05) is 24.3 Å². The maximum atomic E-state index is 12.3. The Kier molecular flexibility index (Phi) is 6.39. The Hall–Kier alpha value is -3.48. The van der Waals surface area contributed by atoms with Gasteiger partial charge in [0.2, 0.25) is 5.75 Å². The highest BCUT2D eigenvalue weighted by atomic mass is 16.5. The van der Waals surface area contributed by atoms with Crippen molar-refractivity contribution in [3.63, 3.8) is 0 Å². The summed E-state index contributed by atoms with van der Waals surface area (Å²) in [5.41, 5.74) is 2.17. The number of nitrogens with zero attached hydrogens (tertiary/aromatic N) is 1. The zero-order chi connectivity index (χ0) is 20.8. The van der Waals surface area contributed by atoms with Crippen molar-refractivity contribution in [2.24, 2.45) is 4.99 Å². The van der Waals surface area contributed by atoms with E-state index in [2.05, 4.69) is 10.3 Å². The standard InChI is InChI=1S/C22H24N2O5/c1-26-16-7-5-6-14(10-16)8-9-20-23-17(22(25)24-20)11-15-12-18(27-2)21(29-4)19(13-15)28-3/h5-7,10-13H,8-9H2,1-4H3,(H,23,24,25)/b17-11+. The molecule has 0 aliphatic carbocycles. The van der Waals surface area contributed by atoms with Gasteiger partial charge in [0.15, 0.2) is 11.5 Å². The second kappa shape index (κ2) is 9.14. The first-order chi connectivity index (χ1) is 14.1. The number of hydrogen-bond acceptors (Lipinski definition) is 6. The highest BCUT2D eigenvalue weighted by molar-refractivity contribution is 6.14. The quantitative estimate of drug-likeness (QED) is 0.693. The highest BCUT2D eigenvalue weighted by Gasteiger charge is 2.20. The van der Waals surface area contributed by atoms with E-state index in [0.717, 1.165) is 23.3 Å². The number of aliphatic imine (C=N–C) groups is 1. The average Bonchev–Trinajstić information content (AvgIpc) is 3.10. The Morgan fingerprint density at radius 3 is 2.28 bits per heavy atom. The molecule has 7 nitrogen and oxygen atoms in total. The number of carbonyl (C=O) groups excluding carboxylic acids is 1. The number of amidine groups is 1. The van der Waals surface area contributed by atoms with Crippen LogP contribution in [0.15, 0.2) is 47.1 Å². The Morgan fingerprint density at radius 2 is 1.66 bits per heavy atom. The van der Waals surface area contributed by atoms with Gasteiger partial charge in [-0.05, 0) is 47.9 Å². The summed E-state index contributed by atoms with van der Waals surface area (Å²) >= 11 is 0. The number of ether oxygens (including phenoxy) is 4. The summed E-state index contributed by atoms with van der Waals surface area (Å²) in [6, 6.07) is 11.4. The Morgan fingerprint density at radius 1 is 0.931 bits per heavy atom. The maximum Gasteiger partial charge on any atom is 0.275 e. The van der Waals surface area contributed by atoms with Gasteiger partial charge >= 0.3 is 0 Å². The van der Waals surface area contributed by atoms with Crippen LogP contribution >= 0.6 is 0 Å². The molecule has 2 aromatic carbocycles. The second-order valence-electron chi connectivity index (χ2n) is 6.35. The summed E-state index contributed by atoms with van der Waals surface area (Å²) in [6.07, 6.45) is 3.05. The zero-order valence-corrected chi connectivity index (χ0v) is 16.9. The van der Waals surface area contributed by atoms with E-state index in [0.29, 0.717) is 35.2 Å². The third kappa shape index (κ3) is 4.68. The molecule has 7 heteroatoms. The fourth-order valence-electron chi connectivity index (χ4n) is 3.07. The van der Waals surface area contributed by atoms with E-state index >= 15 is 0 Å². The summed E-state index contributed by atoms with van der Waals surface area (Å²) in [5, 5.41) is 2.83. The highest BCUT2D eigenvalue weighted by Crippen LogP contribution is 2.38. The van der Waals surface area contributed by atoms with Crippen molar-refractivity contribution in [1.82, 2.24) is 5.32 Å². The van der Waals surface area contributed by atoms with E-state index in [9.17, 15) is 4.79 Å². The van der Waals surface area contributed by atoms with Gasteiger partial charge in [0.05, 0.1) is 28.4 Å². The van der Waals surface area contributed by atoms with Crippen LogP contribution in [0.1, 0.15) is 17.5 Å². The summed E-state index contributed by atoms with van der Waals surface area (Å²) in [4.78, 5) is 16.8. The number of benzene rings is 2. The van der Waals surface area contributed by atoms with Gasteiger partial charge in [0, 0.05) is 6.42 Å². The molecule has 0 fully saturated rings. The maximum absolute atomic E-state index is 12.3. The molecular formula is C22H24N2O5. The summed E-state index contributed by atoms with van der Waals surface area (Å²) < 4.78 is 21.3. The van der Waals surface area contributed by atoms with Crippen molar-refractivity contribution in [2.45, 2.75) is 12.8 Å². The fourth-order valence-corrected chi connectivity index (χ4v) is 3.07. The number of methoxy groups -OCH3 is 4. The molecule has 3 rings (SSSR count). The van der Waals surface area contributed by atoms with Gasteiger partial charge in [0.25, 0.3) is 5.91 Å². The van der Waals surface area contributed by atoms with Crippen molar-refractivity contribution >= 4 is 17.8 Å². The molecule has 152 valence electrons. The van der Waals surface area contributed by atoms with Crippen LogP contribution in [0, 0.1) is 0 Å². The summed E-state index contributed by atoms with van der Waals surface area (Å²) in [6.45, 7) is 0. The average molecular weight is 396 g/mol. The van der Waals surface area contributed by atoms with E-state index < -0.39 is 0 Å². The Labute approximate surface area is 170 Å². The molecule has 0 bridgehead atoms. The van der Waals surface area contributed by atoms with Crippen LogP contribution in [-0.4, -0.2) is 40.2 Å². The molecule has 0 radical (unpaired) electrons. The lowest BCUT2D eigenvalue weighted by Crippen LogP contribution is -2.24.